The van der Waals surface area contributed by atoms with E-state index in [1.807, 2.05) is 0 Å². The van der Waals surface area contributed by atoms with Crippen LogP contribution in [0.5, 0.6) is 0 Å². The fraction of sp³-hybridized carbons (Fsp3) is 0.636. The van der Waals surface area contributed by atoms with E-state index in [0.717, 1.165) is 11.4 Å². The van der Waals surface area contributed by atoms with Crippen molar-refractivity contribution in [2.24, 2.45) is 0 Å². The van der Waals surface area contributed by atoms with E-state index in [2.05, 4.69) is 16.0 Å². The SMILES string of the molecule is O=c1nc(C2CCC2)cc(C2CC2)[nH]1. The first-order valence-electron chi connectivity index (χ1n) is 5.44. The monoisotopic (exact) mass is 190 g/mol. The van der Waals surface area contributed by atoms with Crippen LogP contribution in [0.2, 0.25) is 0 Å². The third-order valence-electron chi connectivity index (χ3n) is 3.33. The predicted molar refractivity (Wildman–Crippen MR) is 53.4 cm³/mol. The van der Waals surface area contributed by atoms with Crippen LogP contribution >= 0.6 is 0 Å². The summed E-state index contributed by atoms with van der Waals surface area (Å²) in [6.07, 6.45) is 6.16. The maximum absolute atomic E-state index is 11.3. The van der Waals surface area contributed by atoms with Gasteiger partial charge in [0.15, 0.2) is 0 Å². The molecule has 0 aliphatic heterocycles. The highest BCUT2D eigenvalue weighted by atomic mass is 16.1. The zero-order valence-electron chi connectivity index (χ0n) is 8.12. The lowest BCUT2D eigenvalue weighted by Crippen LogP contribution is -2.19. The van der Waals surface area contributed by atoms with E-state index >= 15 is 0 Å². The van der Waals surface area contributed by atoms with Gasteiger partial charge in [0, 0.05) is 11.6 Å². The summed E-state index contributed by atoms with van der Waals surface area (Å²) in [4.78, 5) is 18.2. The first-order chi connectivity index (χ1) is 6.83. The summed E-state index contributed by atoms with van der Waals surface area (Å²) >= 11 is 0. The van der Waals surface area contributed by atoms with Crippen molar-refractivity contribution < 1.29 is 0 Å². The molecule has 0 atom stereocenters. The van der Waals surface area contributed by atoms with Gasteiger partial charge in [-0.1, -0.05) is 6.42 Å². The van der Waals surface area contributed by atoms with Crippen LogP contribution in [0.3, 0.4) is 0 Å². The van der Waals surface area contributed by atoms with Crippen LogP contribution in [-0.2, 0) is 0 Å². The van der Waals surface area contributed by atoms with Crippen molar-refractivity contribution in [3.8, 4) is 0 Å². The van der Waals surface area contributed by atoms with E-state index in [0.29, 0.717) is 11.8 Å². The van der Waals surface area contributed by atoms with E-state index in [9.17, 15) is 4.79 Å². The fourth-order valence-corrected chi connectivity index (χ4v) is 2.02. The Morgan fingerprint density at radius 2 is 2.00 bits per heavy atom. The minimum atomic E-state index is -0.156. The zero-order chi connectivity index (χ0) is 9.54. The van der Waals surface area contributed by atoms with Gasteiger partial charge in [-0.3, -0.25) is 0 Å². The lowest BCUT2D eigenvalue weighted by atomic mass is 9.82. The van der Waals surface area contributed by atoms with Crippen LogP contribution in [0, 0.1) is 0 Å². The number of hydrogen-bond acceptors (Lipinski definition) is 2. The maximum atomic E-state index is 11.3. The van der Waals surface area contributed by atoms with E-state index in [1.54, 1.807) is 0 Å². The lowest BCUT2D eigenvalue weighted by Gasteiger charge is -2.24. The Balaban J connectivity index is 1.97. The van der Waals surface area contributed by atoms with Crippen molar-refractivity contribution in [1.29, 1.82) is 0 Å². The van der Waals surface area contributed by atoms with E-state index < -0.39 is 0 Å². The third kappa shape index (κ3) is 1.37. The van der Waals surface area contributed by atoms with E-state index in [1.165, 1.54) is 32.1 Å². The molecule has 3 nitrogen and oxygen atoms in total. The number of rotatable bonds is 2. The highest BCUT2D eigenvalue weighted by Gasteiger charge is 2.27. The summed E-state index contributed by atoms with van der Waals surface area (Å²) in [5.74, 6) is 1.18. The molecule has 2 aliphatic rings. The Morgan fingerprint density at radius 3 is 2.57 bits per heavy atom. The summed E-state index contributed by atoms with van der Waals surface area (Å²) in [5, 5.41) is 0. The molecule has 0 saturated heterocycles. The van der Waals surface area contributed by atoms with Gasteiger partial charge in [0.05, 0.1) is 5.69 Å². The summed E-state index contributed by atoms with van der Waals surface area (Å²) in [6.45, 7) is 0. The summed E-state index contributed by atoms with van der Waals surface area (Å²) in [7, 11) is 0. The number of H-pyrrole nitrogens is 1. The Labute approximate surface area is 82.6 Å². The normalized spacial score (nSPS) is 22.0. The highest BCUT2D eigenvalue weighted by Crippen LogP contribution is 2.40. The molecule has 0 amide bonds. The number of hydrogen-bond donors (Lipinski definition) is 1. The van der Waals surface area contributed by atoms with Gasteiger partial charge in [-0.15, -0.1) is 0 Å². The largest absolute Gasteiger partial charge is 0.345 e. The molecule has 0 unspecified atom stereocenters. The van der Waals surface area contributed by atoms with Gasteiger partial charge < -0.3 is 4.98 Å². The van der Waals surface area contributed by atoms with Gasteiger partial charge in [0.25, 0.3) is 0 Å². The van der Waals surface area contributed by atoms with Crippen molar-refractivity contribution in [2.75, 3.05) is 0 Å². The van der Waals surface area contributed by atoms with Gasteiger partial charge in [0.1, 0.15) is 0 Å². The minimum absolute atomic E-state index is 0.156. The fourth-order valence-electron chi connectivity index (χ4n) is 2.02. The quantitative estimate of drug-likeness (QED) is 0.774. The summed E-state index contributed by atoms with van der Waals surface area (Å²) in [6, 6.07) is 2.11. The number of aromatic nitrogens is 2. The molecule has 1 aromatic rings. The molecule has 0 spiro atoms. The highest BCUT2D eigenvalue weighted by molar-refractivity contribution is 5.20. The molecule has 0 radical (unpaired) electrons. The first kappa shape index (κ1) is 8.21. The van der Waals surface area contributed by atoms with Crippen molar-refractivity contribution in [2.45, 2.75) is 43.9 Å². The second-order valence-electron chi connectivity index (χ2n) is 4.47. The van der Waals surface area contributed by atoms with Crippen LogP contribution in [-0.4, -0.2) is 9.97 Å². The van der Waals surface area contributed by atoms with Gasteiger partial charge in [-0.2, -0.15) is 4.98 Å². The second kappa shape index (κ2) is 2.94. The average molecular weight is 190 g/mol. The molecule has 1 heterocycles. The maximum Gasteiger partial charge on any atom is 0.345 e. The summed E-state index contributed by atoms with van der Waals surface area (Å²) < 4.78 is 0. The smallest absolute Gasteiger partial charge is 0.310 e. The predicted octanol–water partition coefficient (Wildman–Crippen LogP) is 1.91. The molecule has 2 fully saturated rings. The standard InChI is InChI=1S/C11H14N2O/c14-11-12-9(7-2-1-3-7)6-10(13-11)8-4-5-8/h6-8H,1-5H2,(H,12,13,14). The van der Waals surface area contributed by atoms with Crippen LogP contribution < -0.4 is 5.69 Å². The molecule has 0 aromatic carbocycles. The van der Waals surface area contributed by atoms with Crippen molar-refractivity contribution in [1.82, 2.24) is 9.97 Å². The molecule has 3 rings (SSSR count). The molecule has 2 saturated carbocycles. The Hall–Kier alpha value is -1.12. The minimum Gasteiger partial charge on any atom is -0.310 e. The molecular formula is C11H14N2O. The van der Waals surface area contributed by atoms with Crippen molar-refractivity contribution >= 4 is 0 Å². The molecule has 2 aliphatic carbocycles. The van der Waals surface area contributed by atoms with Crippen LogP contribution in [0.4, 0.5) is 0 Å². The molecule has 1 N–H and O–H groups in total. The van der Waals surface area contributed by atoms with Crippen LogP contribution in [0.1, 0.15) is 55.3 Å². The molecule has 74 valence electrons. The average Bonchev–Trinajstić information content (AvgIpc) is 2.80. The van der Waals surface area contributed by atoms with Gasteiger partial charge in [-0.05, 0) is 37.7 Å². The van der Waals surface area contributed by atoms with Crippen molar-refractivity contribution in [3.63, 3.8) is 0 Å². The van der Waals surface area contributed by atoms with Gasteiger partial charge in [0.2, 0.25) is 0 Å². The van der Waals surface area contributed by atoms with Crippen molar-refractivity contribution in [3.05, 3.63) is 27.9 Å². The lowest BCUT2D eigenvalue weighted by molar-refractivity contribution is 0.409. The second-order valence-corrected chi connectivity index (χ2v) is 4.47. The van der Waals surface area contributed by atoms with Crippen LogP contribution in [0.15, 0.2) is 10.9 Å². The van der Waals surface area contributed by atoms with E-state index in [-0.39, 0.29) is 5.69 Å². The number of aromatic amines is 1. The molecule has 3 heteroatoms. The van der Waals surface area contributed by atoms with E-state index in [4.69, 9.17) is 0 Å². The zero-order valence-corrected chi connectivity index (χ0v) is 8.12. The summed E-state index contributed by atoms with van der Waals surface area (Å²) in [5.41, 5.74) is 1.99. The molecule has 1 aromatic heterocycles. The Kier molecular flexibility index (Phi) is 1.72. The van der Waals surface area contributed by atoms with Crippen LogP contribution in [0.25, 0.3) is 0 Å². The number of nitrogens with one attached hydrogen (secondary N) is 1. The molecule has 14 heavy (non-hydrogen) atoms. The number of nitrogens with zero attached hydrogens (tertiary/aromatic N) is 1. The molecule has 0 bridgehead atoms. The first-order valence-corrected chi connectivity index (χ1v) is 5.44. The molecular weight excluding hydrogens is 176 g/mol. The third-order valence-corrected chi connectivity index (χ3v) is 3.33. The topological polar surface area (TPSA) is 45.8 Å². The van der Waals surface area contributed by atoms with Gasteiger partial charge >= 0.3 is 5.69 Å². The Bertz CT molecular complexity index is 402. The Morgan fingerprint density at radius 1 is 1.21 bits per heavy atom. The van der Waals surface area contributed by atoms with Gasteiger partial charge in [-0.25, -0.2) is 4.79 Å².